The van der Waals surface area contributed by atoms with Gasteiger partial charge in [0.15, 0.2) is 6.29 Å². The van der Waals surface area contributed by atoms with Gasteiger partial charge in [0.2, 0.25) is 0 Å². The van der Waals surface area contributed by atoms with Gasteiger partial charge in [-0.2, -0.15) is 5.26 Å². The zero-order chi connectivity index (χ0) is 8.85. The molecule has 0 aromatic rings. The van der Waals surface area contributed by atoms with Crippen LogP contribution in [0.3, 0.4) is 0 Å². The Morgan fingerprint density at radius 1 is 1.73 bits per heavy atom. The predicted molar refractivity (Wildman–Crippen MR) is 37.3 cm³/mol. The lowest BCUT2D eigenvalue weighted by Gasteiger charge is -2.09. The van der Waals surface area contributed by atoms with E-state index in [2.05, 4.69) is 16.1 Å². The third-order valence-corrected chi connectivity index (χ3v) is 0.986. The Hall–Kier alpha value is -1.34. The van der Waals surface area contributed by atoms with Crippen molar-refractivity contribution in [3.8, 4) is 6.07 Å². The van der Waals surface area contributed by atoms with Gasteiger partial charge in [-0.15, -0.1) is 0 Å². The molecule has 0 aliphatic rings. The molecule has 0 aliphatic carbocycles. The Labute approximate surface area is 65.0 Å². The lowest BCUT2D eigenvalue weighted by atomic mass is 10.3. The van der Waals surface area contributed by atoms with Crippen molar-refractivity contribution in [3.05, 3.63) is 12.2 Å². The average molecular weight is 155 g/mol. The topological polar surface area (TPSA) is 59.3 Å². The maximum atomic E-state index is 10.7. The normalized spacial score (nSPS) is 11.4. The van der Waals surface area contributed by atoms with Crippen LogP contribution in [0.5, 0.6) is 0 Å². The van der Waals surface area contributed by atoms with Crippen LogP contribution >= 0.6 is 0 Å². The van der Waals surface area contributed by atoms with Gasteiger partial charge in [0.05, 0.1) is 0 Å². The molecule has 1 atom stereocenters. The van der Waals surface area contributed by atoms with Crippen LogP contribution < -0.4 is 0 Å². The van der Waals surface area contributed by atoms with Crippen LogP contribution in [0.15, 0.2) is 12.2 Å². The summed E-state index contributed by atoms with van der Waals surface area (Å²) in [7, 11) is 1.40. The van der Waals surface area contributed by atoms with E-state index in [9.17, 15) is 4.79 Å². The molecule has 1 unspecified atom stereocenters. The summed E-state index contributed by atoms with van der Waals surface area (Å²) in [6, 6.07) is 1.57. The van der Waals surface area contributed by atoms with Crippen LogP contribution in [0, 0.1) is 11.3 Å². The molecule has 0 radical (unpaired) electrons. The molecule has 0 aromatic carbocycles. The lowest BCUT2D eigenvalue weighted by molar-refractivity contribution is -0.164. The Balaban J connectivity index is 3.90. The van der Waals surface area contributed by atoms with Crippen LogP contribution in [0.1, 0.15) is 6.92 Å². The molecule has 0 rings (SSSR count). The monoisotopic (exact) mass is 155 g/mol. The SMILES string of the molecule is C=C(C#N)C(=O)OC(C)OC. The van der Waals surface area contributed by atoms with E-state index in [0.29, 0.717) is 0 Å². The molecule has 0 saturated heterocycles. The van der Waals surface area contributed by atoms with E-state index in [-0.39, 0.29) is 5.57 Å². The van der Waals surface area contributed by atoms with Crippen LogP contribution in [-0.4, -0.2) is 19.4 Å². The van der Waals surface area contributed by atoms with Gasteiger partial charge in [-0.3, -0.25) is 0 Å². The van der Waals surface area contributed by atoms with Crippen molar-refractivity contribution in [3.63, 3.8) is 0 Å². The molecule has 0 amide bonds. The number of carbonyl (C=O) groups excluding carboxylic acids is 1. The zero-order valence-electron chi connectivity index (χ0n) is 6.46. The van der Waals surface area contributed by atoms with E-state index in [1.807, 2.05) is 0 Å². The molecule has 0 bridgehead atoms. The number of hydrogen-bond acceptors (Lipinski definition) is 4. The van der Waals surface area contributed by atoms with Crippen LogP contribution in [0.2, 0.25) is 0 Å². The van der Waals surface area contributed by atoms with E-state index in [0.717, 1.165) is 0 Å². The van der Waals surface area contributed by atoms with Gasteiger partial charge < -0.3 is 9.47 Å². The second-order valence-corrected chi connectivity index (χ2v) is 1.80. The largest absolute Gasteiger partial charge is 0.432 e. The second-order valence-electron chi connectivity index (χ2n) is 1.80. The molecular weight excluding hydrogens is 146 g/mol. The lowest BCUT2D eigenvalue weighted by Crippen LogP contribution is -2.16. The third kappa shape index (κ3) is 3.38. The van der Waals surface area contributed by atoms with Gasteiger partial charge in [-0.05, 0) is 6.92 Å². The van der Waals surface area contributed by atoms with E-state index < -0.39 is 12.3 Å². The van der Waals surface area contributed by atoms with Gasteiger partial charge in [0, 0.05) is 7.11 Å². The number of carbonyl (C=O) groups is 1. The van der Waals surface area contributed by atoms with Crippen molar-refractivity contribution in [2.45, 2.75) is 13.2 Å². The van der Waals surface area contributed by atoms with Crippen molar-refractivity contribution < 1.29 is 14.3 Å². The van der Waals surface area contributed by atoms with Crippen molar-refractivity contribution in [2.75, 3.05) is 7.11 Å². The number of nitriles is 1. The third-order valence-electron chi connectivity index (χ3n) is 0.986. The first-order valence-electron chi connectivity index (χ1n) is 2.94. The van der Waals surface area contributed by atoms with Gasteiger partial charge in [0.25, 0.3) is 0 Å². The van der Waals surface area contributed by atoms with Crippen molar-refractivity contribution in [1.82, 2.24) is 0 Å². The minimum absolute atomic E-state index is 0.228. The first kappa shape index (κ1) is 9.66. The summed E-state index contributed by atoms with van der Waals surface area (Å²) in [6.07, 6.45) is -0.646. The van der Waals surface area contributed by atoms with E-state index >= 15 is 0 Å². The highest BCUT2D eigenvalue weighted by molar-refractivity contribution is 5.91. The number of esters is 1. The first-order chi connectivity index (χ1) is 5.11. The maximum absolute atomic E-state index is 10.7. The highest BCUT2D eigenvalue weighted by Crippen LogP contribution is 1.97. The fourth-order valence-electron chi connectivity index (χ4n) is 0.316. The minimum Gasteiger partial charge on any atom is -0.432 e. The number of hydrogen-bond donors (Lipinski definition) is 0. The Bertz CT molecular complexity index is 204. The quantitative estimate of drug-likeness (QED) is 0.259. The highest BCUT2D eigenvalue weighted by Gasteiger charge is 2.10. The number of rotatable bonds is 3. The molecule has 0 aromatic heterocycles. The van der Waals surface area contributed by atoms with Crippen molar-refractivity contribution in [2.24, 2.45) is 0 Å². The van der Waals surface area contributed by atoms with Crippen LogP contribution in [0.4, 0.5) is 0 Å². The molecule has 60 valence electrons. The standard InChI is InChI=1S/C7H9NO3/c1-5(4-8)7(9)11-6(2)10-3/h6H,1H2,2-3H3. The highest BCUT2D eigenvalue weighted by atomic mass is 16.7. The molecule has 11 heavy (non-hydrogen) atoms. The molecule has 4 nitrogen and oxygen atoms in total. The summed E-state index contributed by atoms with van der Waals surface area (Å²) in [5.41, 5.74) is -0.228. The second kappa shape index (κ2) is 4.47. The predicted octanol–water partition coefficient (Wildman–Crippen LogP) is 0.602. The molecule has 0 N–H and O–H groups in total. The molecule has 0 saturated carbocycles. The van der Waals surface area contributed by atoms with E-state index in [4.69, 9.17) is 5.26 Å². The van der Waals surface area contributed by atoms with Gasteiger partial charge >= 0.3 is 5.97 Å². The summed E-state index contributed by atoms with van der Waals surface area (Å²) < 4.78 is 9.19. The van der Waals surface area contributed by atoms with Gasteiger partial charge in [-0.1, -0.05) is 6.58 Å². The number of nitrogens with zero attached hydrogens (tertiary/aromatic N) is 1. The summed E-state index contributed by atoms with van der Waals surface area (Å²) in [6.45, 7) is 4.71. The first-order valence-corrected chi connectivity index (χ1v) is 2.94. The average Bonchev–Trinajstić information content (AvgIpc) is 2.02. The molecule has 0 spiro atoms. The van der Waals surface area contributed by atoms with Crippen molar-refractivity contribution in [1.29, 1.82) is 5.26 Å². The van der Waals surface area contributed by atoms with Crippen LogP contribution in [-0.2, 0) is 14.3 Å². The molecule has 4 heteroatoms. The molecule has 0 fully saturated rings. The smallest absolute Gasteiger partial charge is 0.350 e. The number of methoxy groups -OCH3 is 1. The Morgan fingerprint density at radius 2 is 2.27 bits per heavy atom. The Morgan fingerprint density at radius 3 is 2.64 bits per heavy atom. The van der Waals surface area contributed by atoms with E-state index in [1.165, 1.54) is 7.11 Å². The minimum atomic E-state index is -0.748. The summed E-state index contributed by atoms with van der Waals surface area (Å²) in [5, 5.41) is 8.20. The maximum Gasteiger partial charge on any atom is 0.350 e. The van der Waals surface area contributed by atoms with Crippen molar-refractivity contribution >= 4 is 5.97 Å². The fourth-order valence-corrected chi connectivity index (χ4v) is 0.316. The zero-order valence-corrected chi connectivity index (χ0v) is 6.46. The molecular formula is C7H9NO3. The summed E-state index contributed by atoms with van der Waals surface area (Å²) in [5.74, 6) is -0.748. The van der Waals surface area contributed by atoms with E-state index in [1.54, 1.807) is 13.0 Å². The molecule has 0 aliphatic heterocycles. The molecule has 0 heterocycles. The Kier molecular flexibility index (Phi) is 3.93. The fraction of sp³-hybridized carbons (Fsp3) is 0.429. The van der Waals surface area contributed by atoms with Gasteiger partial charge in [0.1, 0.15) is 11.6 Å². The summed E-state index contributed by atoms with van der Waals surface area (Å²) in [4.78, 5) is 10.7. The number of ether oxygens (including phenoxy) is 2. The van der Waals surface area contributed by atoms with Gasteiger partial charge in [-0.25, -0.2) is 4.79 Å². The van der Waals surface area contributed by atoms with Crippen LogP contribution in [0.25, 0.3) is 0 Å². The summed E-state index contributed by atoms with van der Waals surface area (Å²) >= 11 is 0.